The molecule has 1 aromatic carbocycles. The van der Waals surface area contributed by atoms with Crippen molar-refractivity contribution in [1.82, 2.24) is 10.6 Å². The molecule has 0 heterocycles. The smallest absolute Gasteiger partial charge is 0.321 e. The SMILES string of the molecule is COc1ccc(CCNC(=O)NC(=O)CCl)cc1. The van der Waals surface area contributed by atoms with Crippen LogP contribution in [0.2, 0.25) is 0 Å². The summed E-state index contributed by atoms with van der Waals surface area (Å²) in [4.78, 5) is 22.0. The van der Waals surface area contributed by atoms with Crippen molar-refractivity contribution in [1.29, 1.82) is 0 Å². The van der Waals surface area contributed by atoms with E-state index in [0.29, 0.717) is 13.0 Å². The highest BCUT2D eigenvalue weighted by Crippen LogP contribution is 2.11. The number of alkyl halides is 1. The van der Waals surface area contributed by atoms with E-state index < -0.39 is 11.9 Å². The highest BCUT2D eigenvalue weighted by molar-refractivity contribution is 6.28. The summed E-state index contributed by atoms with van der Waals surface area (Å²) >= 11 is 5.25. The van der Waals surface area contributed by atoms with Gasteiger partial charge in [-0.25, -0.2) is 4.79 Å². The summed E-state index contributed by atoms with van der Waals surface area (Å²) in [5.74, 6) is 0.0436. The van der Waals surface area contributed by atoms with Crippen LogP contribution in [0.15, 0.2) is 24.3 Å². The number of carbonyl (C=O) groups excluding carboxylic acids is 2. The number of ether oxygens (including phenoxy) is 1. The van der Waals surface area contributed by atoms with Crippen molar-refractivity contribution < 1.29 is 14.3 Å². The molecule has 0 saturated heterocycles. The Morgan fingerprint density at radius 1 is 1.28 bits per heavy atom. The van der Waals surface area contributed by atoms with Gasteiger partial charge in [0, 0.05) is 6.54 Å². The quantitative estimate of drug-likeness (QED) is 0.793. The lowest BCUT2D eigenvalue weighted by Crippen LogP contribution is -2.40. The molecule has 2 N–H and O–H groups in total. The van der Waals surface area contributed by atoms with E-state index in [1.54, 1.807) is 7.11 Å². The number of hydrogen-bond acceptors (Lipinski definition) is 3. The molecule has 0 spiro atoms. The molecular formula is C12H15ClN2O3. The number of urea groups is 1. The van der Waals surface area contributed by atoms with Gasteiger partial charge in [0.15, 0.2) is 0 Å². The number of halogens is 1. The Morgan fingerprint density at radius 3 is 2.50 bits per heavy atom. The van der Waals surface area contributed by atoms with Gasteiger partial charge in [-0.15, -0.1) is 11.6 Å². The van der Waals surface area contributed by atoms with Gasteiger partial charge >= 0.3 is 6.03 Å². The summed E-state index contributed by atoms with van der Waals surface area (Å²) < 4.78 is 5.04. The highest BCUT2D eigenvalue weighted by Gasteiger charge is 2.04. The summed E-state index contributed by atoms with van der Waals surface area (Å²) in [6.45, 7) is 0.438. The zero-order chi connectivity index (χ0) is 13.4. The minimum atomic E-state index is -0.533. The van der Waals surface area contributed by atoms with Crippen LogP contribution in [0.5, 0.6) is 5.75 Å². The van der Waals surface area contributed by atoms with E-state index in [2.05, 4.69) is 10.6 Å². The summed E-state index contributed by atoms with van der Waals surface area (Å²) in [6, 6.07) is 7.01. The van der Waals surface area contributed by atoms with Gasteiger partial charge in [0.05, 0.1) is 7.11 Å². The lowest BCUT2D eigenvalue weighted by molar-refractivity contribution is -0.117. The second-order valence-corrected chi connectivity index (χ2v) is 3.80. The topological polar surface area (TPSA) is 67.4 Å². The molecule has 0 radical (unpaired) electrons. The number of amides is 3. The second kappa shape index (κ2) is 7.55. The first-order chi connectivity index (χ1) is 8.65. The molecule has 18 heavy (non-hydrogen) atoms. The predicted octanol–water partition coefficient (Wildman–Crippen LogP) is 1.30. The Hall–Kier alpha value is -1.75. The van der Waals surface area contributed by atoms with Gasteiger partial charge in [0.2, 0.25) is 5.91 Å². The van der Waals surface area contributed by atoms with E-state index >= 15 is 0 Å². The number of benzene rings is 1. The molecule has 1 aromatic rings. The van der Waals surface area contributed by atoms with Crippen molar-refractivity contribution in [3.8, 4) is 5.75 Å². The molecule has 98 valence electrons. The maximum absolute atomic E-state index is 11.2. The maximum Gasteiger partial charge on any atom is 0.321 e. The monoisotopic (exact) mass is 270 g/mol. The van der Waals surface area contributed by atoms with Crippen molar-refractivity contribution in [2.75, 3.05) is 19.5 Å². The Kier molecular flexibility index (Phi) is 6.00. The van der Waals surface area contributed by atoms with Crippen molar-refractivity contribution in [3.63, 3.8) is 0 Å². The molecule has 0 aromatic heterocycles. The molecule has 3 amide bonds. The fourth-order valence-corrected chi connectivity index (χ4v) is 1.38. The van der Waals surface area contributed by atoms with Gasteiger partial charge in [-0.3, -0.25) is 10.1 Å². The van der Waals surface area contributed by atoms with Crippen molar-refractivity contribution >= 4 is 23.5 Å². The number of carbonyl (C=O) groups is 2. The van der Waals surface area contributed by atoms with Crippen LogP contribution in [0.3, 0.4) is 0 Å². The normalized spacial score (nSPS) is 9.67. The predicted molar refractivity (Wildman–Crippen MR) is 69.0 cm³/mol. The van der Waals surface area contributed by atoms with E-state index in [1.165, 1.54) is 0 Å². The minimum Gasteiger partial charge on any atom is -0.497 e. The Balaban J connectivity index is 2.28. The van der Waals surface area contributed by atoms with Crippen LogP contribution in [0.25, 0.3) is 0 Å². The van der Waals surface area contributed by atoms with E-state index in [9.17, 15) is 9.59 Å². The number of rotatable bonds is 5. The fourth-order valence-electron chi connectivity index (χ4n) is 1.32. The average molecular weight is 271 g/mol. The van der Waals surface area contributed by atoms with E-state index in [-0.39, 0.29) is 5.88 Å². The zero-order valence-corrected chi connectivity index (χ0v) is 10.8. The first-order valence-electron chi connectivity index (χ1n) is 5.42. The average Bonchev–Trinajstić information content (AvgIpc) is 2.39. The summed E-state index contributed by atoms with van der Waals surface area (Å²) in [7, 11) is 1.61. The molecule has 0 aliphatic rings. The lowest BCUT2D eigenvalue weighted by Gasteiger charge is -2.06. The van der Waals surface area contributed by atoms with E-state index in [4.69, 9.17) is 16.3 Å². The zero-order valence-electron chi connectivity index (χ0n) is 10.0. The summed E-state index contributed by atoms with van der Waals surface area (Å²) in [5.41, 5.74) is 1.07. The van der Waals surface area contributed by atoms with Crippen LogP contribution in [0.4, 0.5) is 4.79 Å². The number of imide groups is 1. The van der Waals surface area contributed by atoms with Gasteiger partial charge in [-0.1, -0.05) is 12.1 Å². The second-order valence-electron chi connectivity index (χ2n) is 3.54. The molecule has 0 fully saturated rings. The standard InChI is InChI=1S/C12H15ClN2O3/c1-18-10-4-2-9(3-5-10)6-7-14-12(17)15-11(16)8-13/h2-5H,6-8H2,1H3,(H2,14,15,16,17). The molecule has 0 bridgehead atoms. The fraction of sp³-hybridized carbons (Fsp3) is 0.333. The molecule has 0 saturated carbocycles. The van der Waals surface area contributed by atoms with Crippen molar-refractivity contribution in [3.05, 3.63) is 29.8 Å². The third-order valence-electron chi connectivity index (χ3n) is 2.23. The van der Waals surface area contributed by atoms with Crippen LogP contribution in [-0.4, -0.2) is 31.5 Å². The molecule has 0 atom stereocenters. The van der Waals surface area contributed by atoms with Crippen LogP contribution in [0.1, 0.15) is 5.56 Å². The van der Waals surface area contributed by atoms with Gasteiger partial charge in [0.25, 0.3) is 0 Å². The minimum absolute atomic E-state index is 0.230. The van der Waals surface area contributed by atoms with Crippen LogP contribution in [0, 0.1) is 0 Å². The number of methoxy groups -OCH3 is 1. The molecule has 0 unspecified atom stereocenters. The summed E-state index contributed by atoms with van der Waals surface area (Å²) in [5, 5.41) is 4.66. The molecule has 0 aliphatic carbocycles. The van der Waals surface area contributed by atoms with E-state index in [1.807, 2.05) is 24.3 Å². The Morgan fingerprint density at radius 2 is 1.94 bits per heavy atom. The molecule has 6 heteroatoms. The van der Waals surface area contributed by atoms with Crippen molar-refractivity contribution in [2.45, 2.75) is 6.42 Å². The molecule has 5 nitrogen and oxygen atoms in total. The number of hydrogen-bond donors (Lipinski definition) is 2. The lowest BCUT2D eigenvalue weighted by atomic mass is 10.1. The van der Waals surface area contributed by atoms with Crippen LogP contribution < -0.4 is 15.4 Å². The third-order valence-corrected chi connectivity index (χ3v) is 2.48. The summed E-state index contributed by atoms with van der Waals surface area (Å²) in [6.07, 6.45) is 0.673. The van der Waals surface area contributed by atoms with Gasteiger partial charge < -0.3 is 10.1 Å². The first kappa shape index (κ1) is 14.3. The van der Waals surface area contributed by atoms with Gasteiger partial charge in [-0.2, -0.15) is 0 Å². The Bertz CT molecular complexity index is 406. The highest BCUT2D eigenvalue weighted by atomic mass is 35.5. The number of nitrogens with one attached hydrogen (secondary N) is 2. The molecular weight excluding hydrogens is 256 g/mol. The molecule has 1 rings (SSSR count). The Labute approximate surface area is 110 Å². The first-order valence-corrected chi connectivity index (χ1v) is 5.95. The molecule has 0 aliphatic heterocycles. The van der Waals surface area contributed by atoms with Gasteiger partial charge in [-0.05, 0) is 24.1 Å². The van der Waals surface area contributed by atoms with E-state index in [0.717, 1.165) is 11.3 Å². The van der Waals surface area contributed by atoms with Crippen molar-refractivity contribution in [2.24, 2.45) is 0 Å². The largest absolute Gasteiger partial charge is 0.497 e. The maximum atomic E-state index is 11.2. The van der Waals surface area contributed by atoms with Crippen LogP contribution >= 0.6 is 11.6 Å². The van der Waals surface area contributed by atoms with Crippen LogP contribution in [-0.2, 0) is 11.2 Å². The third kappa shape index (κ3) is 5.05. The van der Waals surface area contributed by atoms with Gasteiger partial charge in [0.1, 0.15) is 11.6 Å².